The molecule has 0 radical (unpaired) electrons. The van der Waals surface area contributed by atoms with Crippen LogP contribution in [0.3, 0.4) is 0 Å². The van der Waals surface area contributed by atoms with E-state index in [4.69, 9.17) is 5.73 Å². The number of rotatable bonds is 2. The molecule has 0 bridgehead atoms. The molecule has 1 fully saturated rings. The van der Waals surface area contributed by atoms with Crippen molar-refractivity contribution < 1.29 is 4.39 Å². The maximum atomic E-state index is 13.7. The van der Waals surface area contributed by atoms with E-state index < -0.39 is 0 Å². The second kappa shape index (κ2) is 3.06. The Kier molecular flexibility index (Phi) is 2.11. The van der Waals surface area contributed by atoms with E-state index in [-0.39, 0.29) is 11.2 Å². The molecule has 0 saturated heterocycles. The van der Waals surface area contributed by atoms with Crippen molar-refractivity contribution in [1.29, 1.82) is 0 Å². The summed E-state index contributed by atoms with van der Waals surface area (Å²) in [5.41, 5.74) is 8.64. The van der Waals surface area contributed by atoms with Gasteiger partial charge in [0.1, 0.15) is 5.82 Å². The van der Waals surface area contributed by atoms with Crippen molar-refractivity contribution in [3.63, 3.8) is 0 Å². The van der Waals surface area contributed by atoms with Crippen LogP contribution in [0.15, 0.2) is 12.1 Å². The van der Waals surface area contributed by atoms with Crippen LogP contribution in [0.25, 0.3) is 0 Å². The van der Waals surface area contributed by atoms with E-state index in [2.05, 4.69) is 0 Å². The molecular weight excluding hydrogens is 177 g/mol. The van der Waals surface area contributed by atoms with Crippen LogP contribution >= 0.6 is 0 Å². The zero-order valence-electron chi connectivity index (χ0n) is 8.73. The molecule has 0 amide bonds. The summed E-state index contributed by atoms with van der Waals surface area (Å²) in [4.78, 5) is 0. The van der Waals surface area contributed by atoms with E-state index >= 15 is 0 Å². The maximum Gasteiger partial charge on any atom is 0.127 e. The van der Waals surface area contributed by atoms with Gasteiger partial charge in [-0.1, -0.05) is 6.07 Å². The van der Waals surface area contributed by atoms with Crippen LogP contribution in [0.2, 0.25) is 0 Å². The fraction of sp³-hybridized carbons (Fsp3) is 0.500. The summed E-state index contributed by atoms with van der Waals surface area (Å²) < 4.78 is 13.7. The zero-order chi connectivity index (χ0) is 10.3. The minimum atomic E-state index is -0.0870. The van der Waals surface area contributed by atoms with E-state index in [0.717, 1.165) is 29.5 Å². The molecule has 2 rings (SSSR count). The second-order valence-electron chi connectivity index (χ2n) is 4.40. The molecule has 1 aliphatic carbocycles. The summed E-state index contributed by atoms with van der Waals surface area (Å²) in [6, 6.07) is 3.59. The van der Waals surface area contributed by atoms with Gasteiger partial charge < -0.3 is 5.73 Å². The predicted molar refractivity (Wildman–Crippen MR) is 55.8 cm³/mol. The van der Waals surface area contributed by atoms with Gasteiger partial charge in [-0.3, -0.25) is 0 Å². The average molecular weight is 193 g/mol. The molecule has 14 heavy (non-hydrogen) atoms. The van der Waals surface area contributed by atoms with Crippen molar-refractivity contribution in [2.24, 2.45) is 5.73 Å². The van der Waals surface area contributed by atoms with Crippen LogP contribution in [0.4, 0.5) is 4.39 Å². The monoisotopic (exact) mass is 193 g/mol. The topological polar surface area (TPSA) is 26.0 Å². The Morgan fingerprint density at radius 2 is 1.86 bits per heavy atom. The first-order valence-electron chi connectivity index (χ1n) is 5.06. The number of aryl methyl sites for hydroxylation is 2. The molecule has 76 valence electrons. The standard InChI is InChI=1S/C12H16FN/c1-8-5-10(11(13)6-9(8)2)12(7-14)3-4-12/h5-6H,3-4,7,14H2,1-2H3. The Morgan fingerprint density at radius 1 is 1.29 bits per heavy atom. The highest BCUT2D eigenvalue weighted by Gasteiger charge is 2.44. The minimum Gasteiger partial charge on any atom is -0.330 e. The molecule has 1 aromatic carbocycles. The van der Waals surface area contributed by atoms with Crippen molar-refractivity contribution in [2.45, 2.75) is 32.1 Å². The van der Waals surface area contributed by atoms with Gasteiger partial charge in [0, 0.05) is 12.0 Å². The van der Waals surface area contributed by atoms with E-state index in [9.17, 15) is 4.39 Å². The summed E-state index contributed by atoms with van der Waals surface area (Å²) in [5, 5.41) is 0. The molecule has 0 unspecified atom stereocenters. The summed E-state index contributed by atoms with van der Waals surface area (Å²) >= 11 is 0. The Bertz CT molecular complexity index is 367. The molecule has 1 saturated carbocycles. The predicted octanol–water partition coefficient (Wildman–Crippen LogP) is 2.43. The normalized spacial score (nSPS) is 18.3. The molecule has 2 N–H and O–H groups in total. The fourth-order valence-corrected chi connectivity index (χ4v) is 1.92. The molecule has 1 aliphatic rings. The van der Waals surface area contributed by atoms with Crippen LogP contribution < -0.4 is 5.73 Å². The van der Waals surface area contributed by atoms with Gasteiger partial charge in [-0.2, -0.15) is 0 Å². The highest BCUT2D eigenvalue weighted by molar-refractivity contribution is 5.39. The highest BCUT2D eigenvalue weighted by atomic mass is 19.1. The number of halogens is 1. The molecule has 0 aromatic heterocycles. The van der Waals surface area contributed by atoms with Crippen molar-refractivity contribution in [2.75, 3.05) is 6.54 Å². The number of hydrogen-bond donors (Lipinski definition) is 1. The smallest absolute Gasteiger partial charge is 0.127 e. The quantitative estimate of drug-likeness (QED) is 0.767. The minimum absolute atomic E-state index is 0.0391. The van der Waals surface area contributed by atoms with E-state index in [1.54, 1.807) is 6.07 Å². The van der Waals surface area contributed by atoms with E-state index in [1.807, 2.05) is 19.9 Å². The lowest BCUT2D eigenvalue weighted by Crippen LogP contribution is -2.21. The van der Waals surface area contributed by atoms with Gasteiger partial charge in [-0.15, -0.1) is 0 Å². The van der Waals surface area contributed by atoms with Crippen molar-refractivity contribution in [1.82, 2.24) is 0 Å². The molecule has 0 atom stereocenters. The molecule has 0 heterocycles. The van der Waals surface area contributed by atoms with Gasteiger partial charge in [-0.05, 0) is 49.4 Å². The zero-order valence-corrected chi connectivity index (χ0v) is 8.73. The Morgan fingerprint density at radius 3 is 2.36 bits per heavy atom. The Labute approximate surface area is 84.1 Å². The highest BCUT2D eigenvalue weighted by Crippen LogP contribution is 2.48. The SMILES string of the molecule is Cc1cc(F)c(C2(CN)CC2)cc1C. The third-order valence-corrected chi connectivity index (χ3v) is 3.40. The van der Waals surface area contributed by atoms with Crippen molar-refractivity contribution in [3.05, 3.63) is 34.6 Å². The third kappa shape index (κ3) is 1.34. The molecular formula is C12H16FN. The largest absolute Gasteiger partial charge is 0.330 e. The van der Waals surface area contributed by atoms with Gasteiger partial charge in [0.2, 0.25) is 0 Å². The summed E-state index contributed by atoms with van der Waals surface area (Å²) in [5.74, 6) is -0.0870. The van der Waals surface area contributed by atoms with Crippen LogP contribution in [-0.4, -0.2) is 6.54 Å². The molecule has 1 nitrogen and oxygen atoms in total. The molecule has 0 aliphatic heterocycles. The summed E-state index contributed by atoms with van der Waals surface area (Å²) in [6.45, 7) is 4.52. The van der Waals surface area contributed by atoms with Crippen molar-refractivity contribution >= 4 is 0 Å². The lowest BCUT2D eigenvalue weighted by molar-refractivity contribution is 0.571. The summed E-state index contributed by atoms with van der Waals surface area (Å²) in [7, 11) is 0. The first-order valence-corrected chi connectivity index (χ1v) is 5.06. The lowest BCUT2D eigenvalue weighted by Gasteiger charge is -2.15. The fourth-order valence-electron chi connectivity index (χ4n) is 1.92. The number of nitrogens with two attached hydrogens (primary N) is 1. The Balaban J connectivity index is 2.49. The van der Waals surface area contributed by atoms with Gasteiger partial charge in [0.15, 0.2) is 0 Å². The van der Waals surface area contributed by atoms with Gasteiger partial charge in [0.05, 0.1) is 0 Å². The van der Waals surface area contributed by atoms with E-state index in [1.165, 1.54) is 0 Å². The average Bonchev–Trinajstić information content (AvgIpc) is 2.92. The summed E-state index contributed by atoms with van der Waals surface area (Å²) in [6.07, 6.45) is 2.06. The van der Waals surface area contributed by atoms with E-state index in [0.29, 0.717) is 6.54 Å². The molecule has 2 heteroatoms. The van der Waals surface area contributed by atoms with Gasteiger partial charge >= 0.3 is 0 Å². The molecule has 1 aromatic rings. The van der Waals surface area contributed by atoms with Crippen LogP contribution in [0, 0.1) is 19.7 Å². The first-order chi connectivity index (χ1) is 6.59. The number of benzene rings is 1. The van der Waals surface area contributed by atoms with Crippen molar-refractivity contribution in [3.8, 4) is 0 Å². The lowest BCUT2D eigenvalue weighted by atomic mass is 9.92. The first kappa shape index (κ1) is 9.66. The Hall–Kier alpha value is -0.890. The van der Waals surface area contributed by atoms with Gasteiger partial charge in [-0.25, -0.2) is 4.39 Å². The number of hydrogen-bond acceptors (Lipinski definition) is 1. The molecule has 0 spiro atoms. The van der Waals surface area contributed by atoms with Crippen LogP contribution in [-0.2, 0) is 5.41 Å². The second-order valence-corrected chi connectivity index (χ2v) is 4.40. The third-order valence-electron chi connectivity index (χ3n) is 3.40. The van der Waals surface area contributed by atoms with Gasteiger partial charge in [0.25, 0.3) is 0 Å². The van der Waals surface area contributed by atoms with Crippen LogP contribution in [0.1, 0.15) is 29.5 Å². The van der Waals surface area contributed by atoms with Crippen LogP contribution in [0.5, 0.6) is 0 Å². The maximum absolute atomic E-state index is 13.7.